The molecule has 5 heteroatoms. The van der Waals surface area contributed by atoms with Gasteiger partial charge in [0.15, 0.2) is 0 Å². The molecule has 0 radical (unpaired) electrons. The van der Waals surface area contributed by atoms with E-state index >= 15 is 0 Å². The Bertz CT molecular complexity index is 540. The highest BCUT2D eigenvalue weighted by atomic mass is 19.1. The molecule has 1 aromatic rings. The third-order valence-corrected chi connectivity index (χ3v) is 4.46. The van der Waals surface area contributed by atoms with Crippen LogP contribution in [0.2, 0.25) is 0 Å². The standard InChI is InChI=1S/C17H22FNO3/c1-2-21-14-7-8-22-17(10-14)11-19(12-17)16(20)9-13-5-3-4-6-15(13)18/h3-6,14H,2,7-12H2,1H3. The number of likely N-dealkylation sites (tertiary alicyclic amines) is 1. The van der Waals surface area contributed by atoms with Gasteiger partial charge in [-0.05, 0) is 25.0 Å². The van der Waals surface area contributed by atoms with Crippen LogP contribution in [0.15, 0.2) is 24.3 Å². The summed E-state index contributed by atoms with van der Waals surface area (Å²) in [7, 11) is 0. The molecule has 2 aliphatic heterocycles. The van der Waals surface area contributed by atoms with Crippen LogP contribution in [0.25, 0.3) is 0 Å². The largest absolute Gasteiger partial charge is 0.378 e. The molecule has 2 saturated heterocycles. The van der Waals surface area contributed by atoms with E-state index in [0.717, 1.165) is 12.8 Å². The molecule has 1 unspecified atom stereocenters. The van der Waals surface area contributed by atoms with Crippen LogP contribution in [0.3, 0.4) is 0 Å². The number of amides is 1. The molecule has 2 aliphatic rings. The maximum atomic E-state index is 13.6. The van der Waals surface area contributed by atoms with E-state index in [2.05, 4.69) is 0 Å². The monoisotopic (exact) mass is 307 g/mol. The van der Waals surface area contributed by atoms with Crippen molar-refractivity contribution in [2.24, 2.45) is 0 Å². The zero-order valence-electron chi connectivity index (χ0n) is 12.9. The summed E-state index contributed by atoms with van der Waals surface area (Å²) >= 11 is 0. The van der Waals surface area contributed by atoms with Crippen LogP contribution >= 0.6 is 0 Å². The van der Waals surface area contributed by atoms with Crippen LogP contribution in [-0.4, -0.2) is 48.8 Å². The minimum absolute atomic E-state index is 0.0436. The Labute approximate surface area is 130 Å². The molecule has 2 fully saturated rings. The van der Waals surface area contributed by atoms with Crippen molar-refractivity contribution in [3.8, 4) is 0 Å². The zero-order chi connectivity index (χ0) is 15.6. The molecule has 1 amide bonds. The van der Waals surface area contributed by atoms with Crippen molar-refractivity contribution < 1.29 is 18.7 Å². The van der Waals surface area contributed by atoms with E-state index in [-0.39, 0.29) is 29.9 Å². The van der Waals surface area contributed by atoms with Gasteiger partial charge in [-0.25, -0.2) is 4.39 Å². The Morgan fingerprint density at radius 3 is 2.95 bits per heavy atom. The summed E-state index contributed by atoms with van der Waals surface area (Å²) in [5.41, 5.74) is 0.202. The minimum Gasteiger partial charge on any atom is -0.378 e. The Hall–Kier alpha value is -1.46. The van der Waals surface area contributed by atoms with E-state index < -0.39 is 0 Å². The van der Waals surface area contributed by atoms with Gasteiger partial charge >= 0.3 is 0 Å². The van der Waals surface area contributed by atoms with Crippen molar-refractivity contribution in [1.29, 1.82) is 0 Å². The number of hydrogen-bond donors (Lipinski definition) is 0. The Morgan fingerprint density at radius 2 is 2.23 bits per heavy atom. The molecule has 1 aromatic carbocycles. The number of halogens is 1. The van der Waals surface area contributed by atoms with E-state index in [4.69, 9.17) is 9.47 Å². The molecule has 2 heterocycles. The van der Waals surface area contributed by atoms with Crippen LogP contribution in [0.1, 0.15) is 25.3 Å². The molecule has 3 rings (SSSR count). The topological polar surface area (TPSA) is 38.8 Å². The molecule has 1 atom stereocenters. The normalized spacial score (nSPS) is 23.4. The van der Waals surface area contributed by atoms with Gasteiger partial charge in [0.05, 0.1) is 25.6 Å². The van der Waals surface area contributed by atoms with Gasteiger partial charge in [-0.3, -0.25) is 4.79 Å². The minimum atomic E-state index is -0.323. The average molecular weight is 307 g/mol. The van der Waals surface area contributed by atoms with E-state index in [9.17, 15) is 9.18 Å². The van der Waals surface area contributed by atoms with Crippen molar-refractivity contribution in [2.75, 3.05) is 26.3 Å². The highest BCUT2D eigenvalue weighted by Crippen LogP contribution is 2.35. The first-order valence-electron chi connectivity index (χ1n) is 7.89. The summed E-state index contributed by atoms with van der Waals surface area (Å²) in [5.74, 6) is -0.366. The first-order chi connectivity index (χ1) is 10.6. The Morgan fingerprint density at radius 1 is 1.45 bits per heavy atom. The Balaban J connectivity index is 1.54. The third-order valence-electron chi connectivity index (χ3n) is 4.46. The average Bonchev–Trinajstić information content (AvgIpc) is 2.47. The highest BCUT2D eigenvalue weighted by molar-refractivity contribution is 5.80. The molecular weight excluding hydrogens is 285 g/mol. The second-order valence-electron chi connectivity index (χ2n) is 6.12. The number of ether oxygens (including phenoxy) is 2. The zero-order valence-corrected chi connectivity index (χ0v) is 12.9. The molecule has 0 N–H and O–H groups in total. The maximum absolute atomic E-state index is 13.6. The number of carbonyl (C=O) groups is 1. The molecule has 0 aliphatic carbocycles. The lowest BCUT2D eigenvalue weighted by molar-refractivity contribution is -0.200. The molecule has 120 valence electrons. The van der Waals surface area contributed by atoms with Gasteiger partial charge in [-0.1, -0.05) is 18.2 Å². The number of nitrogens with zero attached hydrogens (tertiary/aromatic N) is 1. The lowest BCUT2D eigenvalue weighted by Gasteiger charge is -2.53. The summed E-state index contributed by atoms with van der Waals surface area (Å²) < 4.78 is 25.2. The first kappa shape index (κ1) is 15.4. The first-order valence-corrected chi connectivity index (χ1v) is 7.89. The van der Waals surface area contributed by atoms with E-state index in [0.29, 0.717) is 31.9 Å². The van der Waals surface area contributed by atoms with Crippen molar-refractivity contribution in [3.05, 3.63) is 35.6 Å². The second kappa shape index (κ2) is 6.34. The summed E-state index contributed by atoms with van der Waals surface area (Å²) in [6, 6.07) is 6.42. The van der Waals surface area contributed by atoms with Crippen LogP contribution < -0.4 is 0 Å². The van der Waals surface area contributed by atoms with Gasteiger partial charge in [-0.2, -0.15) is 0 Å². The lowest BCUT2D eigenvalue weighted by Crippen LogP contribution is -2.67. The van der Waals surface area contributed by atoms with Gasteiger partial charge in [0.2, 0.25) is 5.91 Å². The predicted molar refractivity (Wildman–Crippen MR) is 80.0 cm³/mol. The van der Waals surface area contributed by atoms with E-state index in [1.54, 1.807) is 23.1 Å². The molecule has 0 bridgehead atoms. The molecular formula is C17H22FNO3. The SMILES string of the molecule is CCOC1CCOC2(C1)CN(C(=O)Cc1ccccc1F)C2. The number of rotatable bonds is 4. The maximum Gasteiger partial charge on any atom is 0.227 e. The van der Waals surface area contributed by atoms with Crippen LogP contribution in [0.4, 0.5) is 4.39 Å². The van der Waals surface area contributed by atoms with E-state index in [1.807, 2.05) is 6.92 Å². The molecule has 0 aromatic heterocycles. The second-order valence-corrected chi connectivity index (χ2v) is 6.12. The molecule has 1 spiro atoms. The summed E-state index contributed by atoms with van der Waals surface area (Å²) in [6.07, 6.45) is 2.09. The fourth-order valence-corrected chi connectivity index (χ4v) is 3.32. The third kappa shape index (κ3) is 3.15. The van der Waals surface area contributed by atoms with Gasteiger partial charge in [0.1, 0.15) is 11.4 Å². The van der Waals surface area contributed by atoms with Gasteiger partial charge in [0.25, 0.3) is 0 Å². The smallest absolute Gasteiger partial charge is 0.227 e. The van der Waals surface area contributed by atoms with Gasteiger partial charge < -0.3 is 14.4 Å². The molecule has 4 nitrogen and oxygen atoms in total. The highest BCUT2D eigenvalue weighted by Gasteiger charge is 2.49. The van der Waals surface area contributed by atoms with Crippen LogP contribution in [-0.2, 0) is 20.7 Å². The van der Waals surface area contributed by atoms with Crippen molar-refractivity contribution >= 4 is 5.91 Å². The van der Waals surface area contributed by atoms with Crippen molar-refractivity contribution in [3.63, 3.8) is 0 Å². The van der Waals surface area contributed by atoms with E-state index in [1.165, 1.54) is 6.07 Å². The summed E-state index contributed by atoms with van der Waals surface area (Å²) in [6.45, 7) is 4.55. The predicted octanol–water partition coefficient (Wildman–Crippen LogP) is 2.16. The fraction of sp³-hybridized carbons (Fsp3) is 0.588. The quantitative estimate of drug-likeness (QED) is 0.856. The molecule has 0 saturated carbocycles. The lowest BCUT2D eigenvalue weighted by atomic mass is 9.84. The number of hydrogen-bond acceptors (Lipinski definition) is 3. The van der Waals surface area contributed by atoms with Crippen molar-refractivity contribution in [2.45, 2.75) is 37.9 Å². The Kier molecular flexibility index (Phi) is 4.45. The van der Waals surface area contributed by atoms with Gasteiger partial charge in [-0.15, -0.1) is 0 Å². The van der Waals surface area contributed by atoms with Gasteiger partial charge in [0, 0.05) is 19.6 Å². The van der Waals surface area contributed by atoms with Crippen LogP contribution in [0, 0.1) is 5.82 Å². The summed E-state index contributed by atoms with van der Waals surface area (Å²) in [4.78, 5) is 14.0. The fourth-order valence-electron chi connectivity index (χ4n) is 3.32. The number of benzene rings is 1. The molecule has 22 heavy (non-hydrogen) atoms. The summed E-state index contributed by atoms with van der Waals surface area (Å²) in [5, 5.41) is 0. The van der Waals surface area contributed by atoms with Crippen LogP contribution in [0.5, 0.6) is 0 Å². The number of carbonyl (C=O) groups excluding carboxylic acids is 1. The van der Waals surface area contributed by atoms with Crippen molar-refractivity contribution in [1.82, 2.24) is 4.90 Å².